The van der Waals surface area contributed by atoms with Gasteiger partial charge in [-0.05, 0) is 30.9 Å². The maximum atomic E-state index is 12.7. The summed E-state index contributed by atoms with van der Waals surface area (Å²) in [7, 11) is 0. The molecule has 0 saturated heterocycles. The fraction of sp³-hybridized carbons (Fsp3) is 0.500. The standard InChI is InChI=1S/C16H20N2O2/c1-10(2)15-17-14-8-12(19)6-7-13(14)16(20)18(15)9-11-4-3-5-11/h6-8,10-11,19H,3-5,9H2,1-2H3. The van der Waals surface area contributed by atoms with Crippen LogP contribution in [0.4, 0.5) is 0 Å². The van der Waals surface area contributed by atoms with Crippen LogP contribution < -0.4 is 5.56 Å². The predicted octanol–water partition coefficient (Wildman–Crippen LogP) is 3.03. The molecule has 0 radical (unpaired) electrons. The lowest BCUT2D eigenvalue weighted by atomic mass is 9.85. The first kappa shape index (κ1) is 13.2. The van der Waals surface area contributed by atoms with Gasteiger partial charge in [0.1, 0.15) is 11.6 Å². The van der Waals surface area contributed by atoms with Crippen molar-refractivity contribution >= 4 is 10.9 Å². The molecule has 4 nitrogen and oxygen atoms in total. The van der Waals surface area contributed by atoms with Gasteiger partial charge < -0.3 is 5.11 Å². The molecular weight excluding hydrogens is 252 g/mol. The van der Waals surface area contributed by atoms with Crippen molar-refractivity contribution < 1.29 is 5.11 Å². The summed E-state index contributed by atoms with van der Waals surface area (Å²) in [6.45, 7) is 4.87. The molecule has 0 spiro atoms. The number of aromatic nitrogens is 2. The third-order valence-electron chi connectivity index (χ3n) is 4.15. The molecule has 1 heterocycles. The van der Waals surface area contributed by atoms with E-state index >= 15 is 0 Å². The Morgan fingerprint density at radius 2 is 2.15 bits per heavy atom. The van der Waals surface area contributed by atoms with Crippen LogP contribution in [0, 0.1) is 5.92 Å². The highest BCUT2D eigenvalue weighted by Crippen LogP contribution is 2.29. The van der Waals surface area contributed by atoms with E-state index in [0.717, 1.165) is 12.4 Å². The molecule has 1 aliphatic rings. The highest BCUT2D eigenvalue weighted by Gasteiger charge is 2.22. The number of aromatic hydroxyl groups is 1. The lowest BCUT2D eigenvalue weighted by Crippen LogP contribution is -2.31. The Morgan fingerprint density at radius 1 is 1.40 bits per heavy atom. The first-order valence-corrected chi connectivity index (χ1v) is 7.29. The predicted molar refractivity (Wildman–Crippen MR) is 79.1 cm³/mol. The summed E-state index contributed by atoms with van der Waals surface area (Å²) in [6, 6.07) is 4.78. The van der Waals surface area contributed by atoms with Crippen LogP contribution in [0.1, 0.15) is 44.9 Å². The molecule has 1 aromatic heterocycles. The smallest absolute Gasteiger partial charge is 0.261 e. The minimum atomic E-state index is 0.0191. The molecule has 0 unspecified atom stereocenters. The number of nitrogens with zero attached hydrogens (tertiary/aromatic N) is 2. The minimum Gasteiger partial charge on any atom is -0.508 e. The maximum absolute atomic E-state index is 12.7. The molecule has 0 aliphatic heterocycles. The van der Waals surface area contributed by atoms with Gasteiger partial charge in [0.2, 0.25) is 0 Å². The van der Waals surface area contributed by atoms with Crippen molar-refractivity contribution in [3.63, 3.8) is 0 Å². The Kier molecular flexibility index (Phi) is 3.24. The van der Waals surface area contributed by atoms with Gasteiger partial charge in [0.15, 0.2) is 0 Å². The van der Waals surface area contributed by atoms with Crippen LogP contribution in [0.3, 0.4) is 0 Å². The molecule has 1 fully saturated rings. The van der Waals surface area contributed by atoms with Gasteiger partial charge in [-0.1, -0.05) is 20.3 Å². The van der Waals surface area contributed by atoms with Crippen molar-refractivity contribution in [1.29, 1.82) is 0 Å². The first-order valence-electron chi connectivity index (χ1n) is 7.29. The molecule has 2 aromatic rings. The van der Waals surface area contributed by atoms with E-state index in [1.54, 1.807) is 18.2 Å². The van der Waals surface area contributed by atoms with Gasteiger partial charge in [0, 0.05) is 18.5 Å². The van der Waals surface area contributed by atoms with Crippen LogP contribution in [0.5, 0.6) is 5.75 Å². The monoisotopic (exact) mass is 272 g/mol. The van der Waals surface area contributed by atoms with Crippen molar-refractivity contribution in [3.05, 3.63) is 34.4 Å². The normalized spacial score (nSPS) is 15.8. The molecule has 0 atom stereocenters. The van der Waals surface area contributed by atoms with E-state index in [2.05, 4.69) is 4.98 Å². The Bertz CT molecular complexity index is 699. The summed E-state index contributed by atoms with van der Waals surface area (Å²) >= 11 is 0. The Balaban J connectivity index is 2.19. The van der Waals surface area contributed by atoms with Gasteiger partial charge >= 0.3 is 0 Å². The molecule has 1 N–H and O–H groups in total. The number of hydrogen-bond acceptors (Lipinski definition) is 3. The van der Waals surface area contributed by atoms with Crippen LogP contribution >= 0.6 is 0 Å². The lowest BCUT2D eigenvalue weighted by molar-refractivity contribution is 0.269. The fourth-order valence-electron chi connectivity index (χ4n) is 2.78. The highest BCUT2D eigenvalue weighted by atomic mass is 16.3. The number of hydrogen-bond donors (Lipinski definition) is 1. The lowest BCUT2D eigenvalue weighted by Gasteiger charge is -2.27. The van der Waals surface area contributed by atoms with Gasteiger partial charge in [-0.15, -0.1) is 0 Å². The van der Waals surface area contributed by atoms with Crippen molar-refractivity contribution in [1.82, 2.24) is 9.55 Å². The first-order chi connectivity index (χ1) is 9.56. The zero-order chi connectivity index (χ0) is 14.3. The van der Waals surface area contributed by atoms with E-state index in [1.165, 1.54) is 19.3 Å². The van der Waals surface area contributed by atoms with Gasteiger partial charge in [-0.25, -0.2) is 4.98 Å². The number of phenols is 1. The fourth-order valence-corrected chi connectivity index (χ4v) is 2.78. The summed E-state index contributed by atoms with van der Waals surface area (Å²) in [4.78, 5) is 17.3. The Hall–Kier alpha value is -1.84. The van der Waals surface area contributed by atoms with Crippen LogP contribution in [0.15, 0.2) is 23.0 Å². The van der Waals surface area contributed by atoms with Crippen molar-refractivity contribution in [2.75, 3.05) is 0 Å². The van der Waals surface area contributed by atoms with Crippen molar-refractivity contribution in [2.24, 2.45) is 5.92 Å². The van der Waals surface area contributed by atoms with Gasteiger partial charge in [0.05, 0.1) is 10.9 Å². The number of fused-ring (bicyclic) bond motifs is 1. The molecule has 1 saturated carbocycles. The molecule has 106 valence electrons. The van der Waals surface area contributed by atoms with E-state index in [0.29, 0.717) is 16.8 Å². The quantitative estimate of drug-likeness (QED) is 0.934. The van der Waals surface area contributed by atoms with Crippen molar-refractivity contribution in [3.8, 4) is 5.75 Å². The third kappa shape index (κ3) is 2.19. The van der Waals surface area contributed by atoms with E-state index < -0.39 is 0 Å². The van der Waals surface area contributed by atoms with Gasteiger partial charge in [-0.2, -0.15) is 0 Å². The number of benzene rings is 1. The molecule has 3 rings (SSSR count). The minimum absolute atomic E-state index is 0.0191. The summed E-state index contributed by atoms with van der Waals surface area (Å²) < 4.78 is 1.84. The average Bonchev–Trinajstić information content (AvgIpc) is 2.34. The van der Waals surface area contributed by atoms with E-state index in [9.17, 15) is 9.90 Å². The molecule has 0 amide bonds. The van der Waals surface area contributed by atoms with Crippen LogP contribution in [-0.4, -0.2) is 14.7 Å². The van der Waals surface area contributed by atoms with Crippen molar-refractivity contribution in [2.45, 2.75) is 45.6 Å². The third-order valence-corrected chi connectivity index (χ3v) is 4.15. The van der Waals surface area contributed by atoms with Gasteiger partial charge in [0.25, 0.3) is 5.56 Å². The second kappa shape index (κ2) is 4.93. The number of rotatable bonds is 3. The van der Waals surface area contributed by atoms with Crippen LogP contribution in [0.25, 0.3) is 10.9 Å². The Labute approximate surface area is 118 Å². The summed E-state index contributed by atoms with van der Waals surface area (Å²) in [5.74, 6) is 1.77. The van der Waals surface area contributed by atoms with Gasteiger partial charge in [-0.3, -0.25) is 9.36 Å². The molecular formula is C16H20N2O2. The largest absolute Gasteiger partial charge is 0.508 e. The van der Waals surface area contributed by atoms with E-state index in [1.807, 2.05) is 18.4 Å². The zero-order valence-corrected chi connectivity index (χ0v) is 12.0. The summed E-state index contributed by atoms with van der Waals surface area (Å²) in [6.07, 6.45) is 3.68. The summed E-state index contributed by atoms with van der Waals surface area (Å²) in [5.41, 5.74) is 0.606. The van der Waals surface area contributed by atoms with Crippen LogP contribution in [-0.2, 0) is 6.54 Å². The zero-order valence-electron chi connectivity index (χ0n) is 12.0. The van der Waals surface area contributed by atoms with E-state index in [-0.39, 0.29) is 17.2 Å². The topological polar surface area (TPSA) is 55.1 Å². The Morgan fingerprint density at radius 3 is 2.75 bits per heavy atom. The molecule has 0 bridgehead atoms. The maximum Gasteiger partial charge on any atom is 0.261 e. The average molecular weight is 272 g/mol. The molecule has 4 heteroatoms. The van der Waals surface area contributed by atoms with E-state index in [4.69, 9.17) is 0 Å². The molecule has 1 aliphatic carbocycles. The second-order valence-electron chi connectivity index (χ2n) is 6.04. The molecule has 20 heavy (non-hydrogen) atoms. The highest BCUT2D eigenvalue weighted by molar-refractivity contribution is 5.79. The number of phenolic OH excluding ortho intramolecular Hbond substituents is 1. The SMILES string of the molecule is CC(C)c1nc2cc(O)ccc2c(=O)n1CC1CCC1. The second-order valence-corrected chi connectivity index (χ2v) is 6.04. The molecule has 1 aromatic carbocycles. The summed E-state index contributed by atoms with van der Waals surface area (Å²) in [5, 5.41) is 10.2. The van der Waals surface area contributed by atoms with Crippen LogP contribution in [0.2, 0.25) is 0 Å².